The molecule has 1 aliphatic rings. The Balaban J connectivity index is 1.30. The van der Waals surface area contributed by atoms with Gasteiger partial charge in [0.1, 0.15) is 5.82 Å². The fourth-order valence-corrected chi connectivity index (χ4v) is 3.82. The van der Waals surface area contributed by atoms with Crippen LogP contribution in [0.1, 0.15) is 46.1 Å². The molecule has 0 aliphatic heterocycles. The number of carbonyl (C=O) groups is 2. The van der Waals surface area contributed by atoms with Crippen LogP contribution < -0.4 is 5.32 Å². The van der Waals surface area contributed by atoms with Gasteiger partial charge in [-0.2, -0.15) is 5.10 Å². The Bertz CT molecular complexity index is 1360. The van der Waals surface area contributed by atoms with E-state index in [9.17, 15) is 9.59 Å². The van der Waals surface area contributed by atoms with Gasteiger partial charge in [0.25, 0.3) is 5.91 Å². The van der Waals surface area contributed by atoms with Gasteiger partial charge in [-0.1, -0.05) is 29.8 Å². The molecule has 4 aromatic rings. The van der Waals surface area contributed by atoms with E-state index in [4.69, 9.17) is 4.74 Å². The van der Waals surface area contributed by atoms with Crippen LogP contribution in [-0.2, 0) is 9.53 Å². The number of anilines is 1. The maximum atomic E-state index is 12.7. The van der Waals surface area contributed by atoms with Crippen LogP contribution in [0.2, 0.25) is 0 Å². The first-order valence-corrected chi connectivity index (χ1v) is 11.0. The number of amides is 1. The maximum absolute atomic E-state index is 12.7. The minimum absolute atomic E-state index is 0.353. The monoisotopic (exact) mass is 440 g/mol. The van der Waals surface area contributed by atoms with Gasteiger partial charge < -0.3 is 10.1 Å². The second-order valence-corrected chi connectivity index (χ2v) is 8.42. The van der Waals surface area contributed by atoms with Crippen LogP contribution in [0.4, 0.5) is 5.82 Å². The molecule has 0 spiro atoms. The number of carbonyl (C=O) groups excluding carboxylic acids is 2. The number of pyridine rings is 1. The van der Waals surface area contributed by atoms with Crippen molar-refractivity contribution in [3.63, 3.8) is 0 Å². The molecule has 2 aromatic heterocycles. The van der Waals surface area contributed by atoms with Crippen molar-refractivity contribution >= 4 is 28.6 Å². The number of hydrogen-bond acceptors (Lipinski definition) is 5. The number of nitrogens with zero attached hydrogens (tertiary/aromatic N) is 3. The average molecular weight is 441 g/mol. The van der Waals surface area contributed by atoms with Crippen LogP contribution in [0.5, 0.6) is 0 Å². The lowest BCUT2D eigenvalue weighted by Crippen LogP contribution is -2.22. The van der Waals surface area contributed by atoms with Crippen molar-refractivity contribution in [2.24, 2.45) is 0 Å². The van der Waals surface area contributed by atoms with Gasteiger partial charge in [-0.3, -0.25) is 9.78 Å². The van der Waals surface area contributed by atoms with Crippen molar-refractivity contribution in [2.45, 2.75) is 32.6 Å². The third-order valence-electron chi connectivity index (χ3n) is 5.71. The van der Waals surface area contributed by atoms with E-state index in [1.54, 1.807) is 17.7 Å². The summed E-state index contributed by atoms with van der Waals surface area (Å²) in [6, 6.07) is 19.1. The molecule has 1 saturated carbocycles. The predicted molar refractivity (Wildman–Crippen MR) is 126 cm³/mol. The fourth-order valence-electron chi connectivity index (χ4n) is 3.82. The molecule has 1 aliphatic carbocycles. The van der Waals surface area contributed by atoms with E-state index in [2.05, 4.69) is 15.4 Å². The van der Waals surface area contributed by atoms with Crippen molar-refractivity contribution < 1.29 is 14.3 Å². The van der Waals surface area contributed by atoms with Gasteiger partial charge in [-0.05, 0) is 57.0 Å². The summed E-state index contributed by atoms with van der Waals surface area (Å²) in [6.07, 6.45) is 2.21. The second kappa shape index (κ2) is 8.50. The number of para-hydroxylation sites is 1. The third kappa shape index (κ3) is 4.48. The Morgan fingerprint density at radius 2 is 1.85 bits per heavy atom. The van der Waals surface area contributed by atoms with Crippen LogP contribution in [0, 0.1) is 13.8 Å². The van der Waals surface area contributed by atoms with E-state index in [0.29, 0.717) is 23.0 Å². The van der Waals surface area contributed by atoms with E-state index < -0.39 is 18.5 Å². The molecule has 0 atom stereocenters. The Morgan fingerprint density at radius 1 is 1.06 bits per heavy atom. The Labute approximate surface area is 191 Å². The summed E-state index contributed by atoms with van der Waals surface area (Å²) < 4.78 is 7.03. The first-order chi connectivity index (χ1) is 16.0. The lowest BCUT2D eigenvalue weighted by atomic mass is 10.1. The summed E-state index contributed by atoms with van der Waals surface area (Å²) in [4.78, 5) is 29.8. The van der Waals surface area contributed by atoms with Gasteiger partial charge >= 0.3 is 5.97 Å². The Kier molecular flexibility index (Phi) is 5.38. The van der Waals surface area contributed by atoms with Gasteiger partial charge in [0.2, 0.25) is 0 Å². The molecule has 0 saturated heterocycles. The van der Waals surface area contributed by atoms with Gasteiger partial charge in [0, 0.05) is 17.4 Å². The predicted octanol–water partition coefficient (Wildman–Crippen LogP) is 4.71. The molecule has 2 aromatic carbocycles. The molecule has 7 nitrogen and oxygen atoms in total. The highest BCUT2D eigenvalue weighted by Crippen LogP contribution is 2.40. The van der Waals surface area contributed by atoms with Crippen LogP contribution >= 0.6 is 0 Å². The van der Waals surface area contributed by atoms with Gasteiger partial charge in [0.05, 0.1) is 28.2 Å². The SMILES string of the molecule is Cc1ccc2nc(C)c(C(=O)OCC(=O)Nc3cc(C4CC4)nn3-c3ccccc3)cc2c1. The van der Waals surface area contributed by atoms with Crippen LogP contribution in [-0.4, -0.2) is 33.2 Å². The number of benzene rings is 2. The average Bonchev–Trinajstić information content (AvgIpc) is 3.58. The molecule has 0 radical (unpaired) electrons. The molecular weight excluding hydrogens is 416 g/mol. The van der Waals surface area contributed by atoms with Crippen molar-refractivity contribution in [2.75, 3.05) is 11.9 Å². The molecule has 1 N–H and O–H groups in total. The van der Waals surface area contributed by atoms with E-state index in [0.717, 1.165) is 40.7 Å². The number of nitrogens with one attached hydrogen (secondary N) is 1. The summed E-state index contributed by atoms with van der Waals surface area (Å²) in [7, 11) is 0. The minimum atomic E-state index is -0.575. The van der Waals surface area contributed by atoms with E-state index in [-0.39, 0.29) is 0 Å². The summed E-state index contributed by atoms with van der Waals surface area (Å²) >= 11 is 0. The lowest BCUT2D eigenvalue weighted by molar-refractivity contribution is -0.119. The Hall–Kier alpha value is -4.00. The Morgan fingerprint density at radius 3 is 2.61 bits per heavy atom. The third-order valence-corrected chi connectivity index (χ3v) is 5.71. The smallest absolute Gasteiger partial charge is 0.340 e. The summed E-state index contributed by atoms with van der Waals surface area (Å²) in [6.45, 7) is 3.34. The van der Waals surface area contributed by atoms with Crippen molar-refractivity contribution in [1.82, 2.24) is 14.8 Å². The largest absolute Gasteiger partial charge is 0.452 e. The van der Waals surface area contributed by atoms with Crippen LogP contribution in [0.3, 0.4) is 0 Å². The molecular formula is C26H24N4O3. The van der Waals surface area contributed by atoms with Crippen molar-refractivity contribution in [1.29, 1.82) is 0 Å². The number of rotatable bonds is 6. The highest BCUT2D eigenvalue weighted by Gasteiger charge is 2.28. The molecule has 5 rings (SSSR count). The van der Waals surface area contributed by atoms with Crippen LogP contribution in [0.15, 0.2) is 60.7 Å². The molecule has 1 amide bonds. The second-order valence-electron chi connectivity index (χ2n) is 8.42. The molecule has 0 bridgehead atoms. The standard InChI is InChI=1S/C26H24N4O3/c1-16-8-11-22-19(12-16)13-21(17(2)27-22)26(32)33-15-25(31)28-24-14-23(18-9-10-18)29-30(24)20-6-4-3-5-7-20/h3-8,11-14,18H,9-10,15H2,1-2H3,(H,28,31). The number of hydrogen-bond donors (Lipinski definition) is 1. The molecule has 7 heteroatoms. The number of aromatic nitrogens is 3. The van der Waals surface area contributed by atoms with E-state index in [1.807, 2.05) is 61.5 Å². The summed E-state index contributed by atoms with van der Waals surface area (Å²) in [5.41, 5.74) is 4.61. The first kappa shape index (κ1) is 20.9. The van der Waals surface area contributed by atoms with Gasteiger partial charge in [0.15, 0.2) is 6.61 Å². The summed E-state index contributed by atoms with van der Waals surface area (Å²) in [5, 5.41) is 8.37. The lowest BCUT2D eigenvalue weighted by Gasteiger charge is -2.10. The van der Waals surface area contributed by atoms with Gasteiger partial charge in [-0.15, -0.1) is 0 Å². The molecule has 33 heavy (non-hydrogen) atoms. The number of ether oxygens (including phenoxy) is 1. The molecule has 1 fully saturated rings. The molecule has 166 valence electrons. The van der Waals surface area contributed by atoms with Crippen LogP contribution in [0.25, 0.3) is 16.6 Å². The zero-order chi connectivity index (χ0) is 22.9. The number of aryl methyl sites for hydroxylation is 2. The zero-order valence-corrected chi connectivity index (χ0v) is 18.5. The highest BCUT2D eigenvalue weighted by atomic mass is 16.5. The summed E-state index contributed by atoms with van der Waals surface area (Å²) in [5.74, 6) is -0.00236. The quantitative estimate of drug-likeness (QED) is 0.439. The fraction of sp³-hybridized carbons (Fsp3) is 0.231. The number of fused-ring (bicyclic) bond motifs is 1. The molecule has 2 heterocycles. The minimum Gasteiger partial charge on any atom is -0.452 e. The zero-order valence-electron chi connectivity index (χ0n) is 18.5. The number of esters is 1. The van der Waals surface area contributed by atoms with E-state index >= 15 is 0 Å². The van der Waals surface area contributed by atoms with E-state index in [1.165, 1.54) is 0 Å². The highest BCUT2D eigenvalue weighted by molar-refractivity contribution is 5.98. The maximum Gasteiger partial charge on any atom is 0.340 e. The van der Waals surface area contributed by atoms with Crippen molar-refractivity contribution in [3.8, 4) is 5.69 Å². The topological polar surface area (TPSA) is 86.1 Å². The first-order valence-electron chi connectivity index (χ1n) is 11.0. The van der Waals surface area contributed by atoms with Crippen molar-refractivity contribution in [3.05, 3.63) is 83.2 Å². The normalized spacial score (nSPS) is 13.2. The van der Waals surface area contributed by atoms with Gasteiger partial charge in [-0.25, -0.2) is 9.48 Å². The molecule has 0 unspecified atom stereocenters.